The van der Waals surface area contributed by atoms with Gasteiger partial charge in [-0.05, 0) is 28.1 Å². The van der Waals surface area contributed by atoms with Crippen LogP contribution in [-0.4, -0.2) is 30.9 Å². The summed E-state index contributed by atoms with van der Waals surface area (Å²) >= 11 is 9.16. The zero-order chi connectivity index (χ0) is 16.4. The van der Waals surface area contributed by atoms with E-state index in [-0.39, 0.29) is 18.2 Å². The zero-order valence-corrected chi connectivity index (χ0v) is 13.8. The number of amides is 1. The van der Waals surface area contributed by atoms with Gasteiger partial charge in [0.2, 0.25) is 5.95 Å². The van der Waals surface area contributed by atoms with Crippen LogP contribution >= 0.6 is 27.5 Å². The average molecular weight is 400 g/mol. The van der Waals surface area contributed by atoms with E-state index in [2.05, 4.69) is 41.5 Å². The summed E-state index contributed by atoms with van der Waals surface area (Å²) in [6, 6.07) is 4.43. The highest BCUT2D eigenvalue weighted by Crippen LogP contribution is 2.20. The minimum atomic E-state index is -0.448. The molecule has 2 N–H and O–H groups in total. The Balaban J connectivity index is 1.74. The highest BCUT2D eigenvalue weighted by Gasteiger charge is 2.15. The number of H-pyrrole nitrogens is 1. The van der Waals surface area contributed by atoms with Crippen molar-refractivity contribution in [2.45, 2.75) is 6.54 Å². The van der Waals surface area contributed by atoms with Gasteiger partial charge in [0.15, 0.2) is 0 Å². The maximum atomic E-state index is 13.8. The third kappa shape index (κ3) is 3.40. The largest absolute Gasteiger partial charge is 0.288 e. The molecule has 0 saturated carbocycles. The maximum Gasteiger partial charge on any atom is 0.277 e. The fourth-order valence-corrected chi connectivity index (χ4v) is 2.46. The van der Waals surface area contributed by atoms with E-state index in [1.807, 2.05) is 0 Å². The summed E-state index contributed by atoms with van der Waals surface area (Å²) in [5, 5.41) is 13.2. The molecule has 2 aromatic heterocycles. The van der Waals surface area contributed by atoms with Gasteiger partial charge in [0.1, 0.15) is 17.8 Å². The van der Waals surface area contributed by atoms with Crippen LogP contribution in [0.15, 0.2) is 35.2 Å². The Kier molecular flexibility index (Phi) is 4.39. The number of hydrogen-bond acceptors (Lipinski definition) is 4. The second-order valence-corrected chi connectivity index (χ2v) is 5.77. The van der Waals surface area contributed by atoms with Gasteiger partial charge in [-0.3, -0.25) is 15.2 Å². The lowest BCUT2D eigenvalue weighted by atomic mass is 10.2. The molecule has 0 aliphatic heterocycles. The number of carbonyl (C=O) groups is 1. The Morgan fingerprint density at radius 2 is 2.30 bits per heavy atom. The van der Waals surface area contributed by atoms with E-state index in [1.54, 1.807) is 6.07 Å². The average Bonchev–Trinajstić information content (AvgIpc) is 3.12. The molecule has 0 radical (unpaired) electrons. The van der Waals surface area contributed by atoms with Gasteiger partial charge < -0.3 is 0 Å². The summed E-state index contributed by atoms with van der Waals surface area (Å²) in [4.78, 5) is 15.9. The topological polar surface area (TPSA) is 88.5 Å². The van der Waals surface area contributed by atoms with E-state index in [0.717, 1.165) is 0 Å². The minimum absolute atomic E-state index is 0.0870. The SMILES string of the molecule is O=C(Nc1ncn(Cc2c(F)cccc2Cl)n1)c1[nH]ncc1Br. The van der Waals surface area contributed by atoms with Gasteiger partial charge in [-0.25, -0.2) is 14.1 Å². The number of aromatic nitrogens is 5. The van der Waals surface area contributed by atoms with E-state index < -0.39 is 11.7 Å². The fraction of sp³-hybridized carbons (Fsp3) is 0.0769. The van der Waals surface area contributed by atoms with E-state index >= 15 is 0 Å². The Morgan fingerprint density at radius 1 is 1.48 bits per heavy atom. The van der Waals surface area contributed by atoms with Crippen molar-refractivity contribution in [3.63, 3.8) is 0 Å². The summed E-state index contributed by atoms with van der Waals surface area (Å²) in [5.74, 6) is -0.792. The van der Waals surface area contributed by atoms with Crippen molar-refractivity contribution in [1.82, 2.24) is 25.0 Å². The molecule has 0 spiro atoms. The Labute approximate surface area is 143 Å². The maximum absolute atomic E-state index is 13.8. The number of nitrogens with zero attached hydrogens (tertiary/aromatic N) is 4. The van der Waals surface area contributed by atoms with E-state index in [0.29, 0.717) is 15.1 Å². The van der Waals surface area contributed by atoms with E-state index in [4.69, 9.17) is 11.6 Å². The molecule has 0 fully saturated rings. The lowest BCUT2D eigenvalue weighted by Gasteiger charge is -2.05. The summed E-state index contributed by atoms with van der Waals surface area (Å²) in [6.07, 6.45) is 2.83. The molecule has 0 unspecified atom stereocenters. The number of rotatable bonds is 4. The van der Waals surface area contributed by atoms with Crippen molar-refractivity contribution in [2.24, 2.45) is 0 Å². The zero-order valence-electron chi connectivity index (χ0n) is 11.4. The number of anilines is 1. The molecule has 10 heteroatoms. The number of nitrogens with one attached hydrogen (secondary N) is 2. The molecular formula is C13H9BrClFN6O. The monoisotopic (exact) mass is 398 g/mol. The summed E-state index contributed by atoms with van der Waals surface area (Å²) < 4.78 is 15.6. The van der Waals surface area contributed by atoms with E-state index in [1.165, 1.54) is 29.3 Å². The van der Waals surface area contributed by atoms with Crippen LogP contribution in [0.25, 0.3) is 0 Å². The Morgan fingerprint density at radius 3 is 3.00 bits per heavy atom. The van der Waals surface area contributed by atoms with Crippen LogP contribution in [-0.2, 0) is 6.54 Å². The number of hydrogen-bond donors (Lipinski definition) is 2. The van der Waals surface area contributed by atoms with Crippen LogP contribution in [0.1, 0.15) is 16.1 Å². The highest BCUT2D eigenvalue weighted by atomic mass is 79.9. The molecule has 2 heterocycles. The normalized spacial score (nSPS) is 10.7. The molecule has 0 saturated heterocycles. The number of aromatic amines is 1. The quantitative estimate of drug-likeness (QED) is 0.706. The first-order chi connectivity index (χ1) is 11.0. The van der Waals surface area contributed by atoms with Gasteiger partial charge in [-0.15, -0.1) is 5.10 Å². The van der Waals surface area contributed by atoms with Gasteiger partial charge in [0.05, 0.1) is 17.2 Å². The third-order valence-corrected chi connectivity index (χ3v) is 3.92. The molecule has 0 aliphatic rings. The van der Waals surface area contributed by atoms with Crippen molar-refractivity contribution in [3.8, 4) is 0 Å². The molecule has 7 nitrogen and oxygen atoms in total. The number of halogens is 3. The molecule has 118 valence electrons. The molecular weight excluding hydrogens is 391 g/mol. The Bertz CT molecular complexity index is 844. The molecule has 0 bridgehead atoms. The summed E-state index contributed by atoms with van der Waals surface area (Å²) in [5.41, 5.74) is 0.548. The molecule has 3 aromatic rings. The Hall–Kier alpha value is -2.26. The lowest BCUT2D eigenvalue weighted by Crippen LogP contribution is -2.14. The molecule has 1 amide bonds. The second-order valence-electron chi connectivity index (χ2n) is 4.51. The van der Waals surface area contributed by atoms with Crippen molar-refractivity contribution < 1.29 is 9.18 Å². The van der Waals surface area contributed by atoms with Crippen LogP contribution in [0.2, 0.25) is 5.02 Å². The highest BCUT2D eigenvalue weighted by molar-refractivity contribution is 9.10. The molecule has 3 rings (SSSR count). The molecule has 23 heavy (non-hydrogen) atoms. The standard InChI is InChI=1S/C13H9BrClFN6O/c14-8-4-18-20-11(8)12(23)19-13-17-6-22(21-13)5-7-9(15)2-1-3-10(7)16/h1-4,6H,5H2,(H,18,20)(H,19,21,23). The van der Waals surface area contributed by atoms with Crippen molar-refractivity contribution in [3.05, 3.63) is 57.3 Å². The van der Waals surface area contributed by atoms with Gasteiger partial charge in [0, 0.05) is 10.6 Å². The first-order valence-electron chi connectivity index (χ1n) is 6.37. The van der Waals surface area contributed by atoms with Gasteiger partial charge >= 0.3 is 0 Å². The lowest BCUT2D eigenvalue weighted by molar-refractivity contribution is 0.102. The van der Waals surface area contributed by atoms with Crippen molar-refractivity contribution in [1.29, 1.82) is 0 Å². The predicted octanol–water partition coefficient (Wildman–Crippen LogP) is 2.86. The van der Waals surface area contributed by atoms with Crippen LogP contribution in [0.5, 0.6) is 0 Å². The van der Waals surface area contributed by atoms with Crippen molar-refractivity contribution >= 4 is 39.4 Å². The van der Waals surface area contributed by atoms with Gasteiger partial charge in [0.25, 0.3) is 5.91 Å². The molecule has 0 aliphatic carbocycles. The molecule has 0 atom stereocenters. The van der Waals surface area contributed by atoms with Crippen molar-refractivity contribution in [2.75, 3.05) is 5.32 Å². The van der Waals surface area contributed by atoms with Gasteiger partial charge in [-0.1, -0.05) is 17.7 Å². The van der Waals surface area contributed by atoms with Crippen LogP contribution in [0.3, 0.4) is 0 Å². The number of benzene rings is 1. The first-order valence-corrected chi connectivity index (χ1v) is 7.54. The number of carbonyl (C=O) groups excluding carboxylic acids is 1. The van der Waals surface area contributed by atoms with E-state index in [9.17, 15) is 9.18 Å². The minimum Gasteiger partial charge on any atom is -0.288 e. The summed E-state index contributed by atoms with van der Waals surface area (Å²) in [7, 11) is 0. The summed E-state index contributed by atoms with van der Waals surface area (Å²) in [6.45, 7) is 0.0993. The molecule has 1 aromatic carbocycles. The predicted molar refractivity (Wildman–Crippen MR) is 84.8 cm³/mol. The van der Waals surface area contributed by atoms with Crippen LogP contribution in [0, 0.1) is 5.82 Å². The van der Waals surface area contributed by atoms with Crippen LogP contribution in [0.4, 0.5) is 10.3 Å². The van der Waals surface area contributed by atoms with Crippen LogP contribution < -0.4 is 5.32 Å². The third-order valence-electron chi connectivity index (χ3n) is 2.96. The first kappa shape index (κ1) is 15.6. The smallest absolute Gasteiger partial charge is 0.277 e. The van der Waals surface area contributed by atoms with Gasteiger partial charge in [-0.2, -0.15) is 5.10 Å². The fourth-order valence-electron chi connectivity index (χ4n) is 1.87. The second kappa shape index (κ2) is 6.47.